The lowest BCUT2D eigenvalue weighted by Crippen LogP contribution is -2.38. The second kappa shape index (κ2) is 23.8. The minimum Gasteiger partial charge on any atom is -0.756 e. The first kappa shape index (κ1) is 37.0. The molecule has 0 rings (SSSR count). The minimum absolute atomic E-state index is 0.0116. The molecule has 0 saturated carbocycles. The van der Waals surface area contributed by atoms with Crippen LogP contribution in [0.15, 0.2) is 0 Å². The Balaban J connectivity index is 3.75. The predicted molar refractivity (Wildman–Crippen MR) is 155 cm³/mol. The molecular weight excluding hydrogens is 487 g/mol. The van der Waals surface area contributed by atoms with Crippen LogP contribution in [-0.4, -0.2) is 83.1 Å². The number of hydrogen-bond donors (Lipinski definition) is 0. The zero-order chi connectivity index (χ0) is 27.8. The molecule has 2 atom stereocenters. The van der Waals surface area contributed by atoms with Crippen molar-refractivity contribution in [3.63, 3.8) is 0 Å². The van der Waals surface area contributed by atoms with Gasteiger partial charge >= 0.3 is 0 Å². The number of likely N-dealkylation sites (N-methyl/N-ethyl adjacent to an activating group) is 2. The van der Waals surface area contributed by atoms with E-state index in [9.17, 15) is 9.46 Å². The molecule has 0 aromatic rings. The average Bonchev–Trinajstić information content (AvgIpc) is 2.81. The number of phosphoric acid groups is 1. The van der Waals surface area contributed by atoms with E-state index in [2.05, 4.69) is 18.9 Å². The SMILES string of the molecule is CCCCCCCCCCCCCCCCCCN(C)CC(COP(=O)([O-])OCC[N+](C)(C)C)OCC. The Labute approximate surface area is 230 Å². The summed E-state index contributed by atoms with van der Waals surface area (Å²) >= 11 is 0. The molecule has 8 heteroatoms. The Morgan fingerprint density at radius 2 is 1.22 bits per heavy atom. The Bertz CT molecular complexity index is 545. The van der Waals surface area contributed by atoms with E-state index < -0.39 is 7.82 Å². The van der Waals surface area contributed by atoms with Crippen LogP contribution in [0.25, 0.3) is 0 Å². The molecule has 0 aromatic carbocycles. The lowest BCUT2D eigenvalue weighted by atomic mass is 10.0. The van der Waals surface area contributed by atoms with Crippen LogP contribution in [0.3, 0.4) is 0 Å². The molecule has 0 N–H and O–H groups in total. The zero-order valence-electron chi connectivity index (χ0n) is 25.5. The summed E-state index contributed by atoms with van der Waals surface area (Å²) in [5, 5.41) is 0. The fraction of sp³-hybridized carbons (Fsp3) is 1.00. The number of unbranched alkanes of at least 4 members (excludes halogenated alkanes) is 15. The third-order valence-electron chi connectivity index (χ3n) is 6.74. The molecule has 37 heavy (non-hydrogen) atoms. The summed E-state index contributed by atoms with van der Waals surface area (Å²) in [6.07, 6.45) is 21.6. The zero-order valence-corrected chi connectivity index (χ0v) is 26.4. The number of nitrogens with zero attached hydrogens (tertiary/aromatic N) is 2. The maximum absolute atomic E-state index is 12.1. The van der Waals surface area contributed by atoms with E-state index in [0.717, 1.165) is 13.0 Å². The van der Waals surface area contributed by atoms with E-state index in [4.69, 9.17) is 13.8 Å². The summed E-state index contributed by atoms with van der Waals surface area (Å²) in [6.45, 7) is 7.03. The standard InChI is InChI=1S/C29H63N2O5P/c1-7-9-10-11-12-13-14-15-16-17-18-19-20-21-22-23-24-30(3)27-29(34-8-2)28-36-37(32,33)35-26-25-31(4,5)6/h29H,7-28H2,1-6H3. The van der Waals surface area contributed by atoms with Crippen molar-refractivity contribution in [3.8, 4) is 0 Å². The molecule has 0 fully saturated rings. The van der Waals surface area contributed by atoms with Crippen molar-refractivity contribution in [2.24, 2.45) is 0 Å². The van der Waals surface area contributed by atoms with Crippen molar-refractivity contribution in [1.82, 2.24) is 4.90 Å². The molecule has 224 valence electrons. The van der Waals surface area contributed by atoms with E-state index in [-0.39, 0.29) is 19.3 Å². The lowest BCUT2D eigenvalue weighted by molar-refractivity contribution is -0.870. The van der Waals surface area contributed by atoms with E-state index in [1.807, 2.05) is 28.1 Å². The smallest absolute Gasteiger partial charge is 0.268 e. The molecule has 0 aromatic heterocycles. The number of ether oxygens (including phenoxy) is 1. The van der Waals surface area contributed by atoms with Crippen LogP contribution >= 0.6 is 7.82 Å². The van der Waals surface area contributed by atoms with Gasteiger partial charge in [0, 0.05) is 13.2 Å². The summed E-state index contributed by atoms with van der Waals surface area (Å²) in [6, 6.07) is 0. The van der Waals surface area contributed by atoms with Gasteiger partial charge in [0.2, 0.25) is 0 Å². The number of rotatable bonds is 28. The van der Waals surface area contributed by atoms with Gasteiger partial charge in [0.15, 0.2) is 0 Å². The van der Waals surface area contributed by atoms with Crippen molar-refractivity contribution < 1.29 is 27.7 Å². The van der Waals surface area contributed by atoms with Crippen molar-refractivity contribution >= 4 is 7.82 Å². The summed E-state index contributed by atoms with van der Waals surface area (Å²) in [5.41, 5.74) is 0. The molecule has 2 unspecified atom stereocenters. The summed E-state index contributed by atoms with van der Waals surface area (Å²) < 4.78 is 28.5. The summed E-state index contributed by atoms with van der Waals surface area (Å²) in [5.74, 6) is 0. The molecule has 0 radical (unpaired) electrons. The molecule has 0 saturated heterocycles. The van der Waals surface area contributed by atoms with Gasteiger partial charge in [-0.25, -0.2) is 0 Å². The average molecular weight is 551 g/mol. The second-order valence-corrected chi connectivity index (χ2v) is 13.1. The van der Waals surface area contributed by atoms with Crippen LogP contribution < -0.4 is 4.89 Å². The van der Waals surface area contributed by atoms with E-state index >= 15 is 0 Å². The van der Waals surface area contributed by atoms with Gasteiger partial charge in [0.25, 0.3) is 7.82 Å². The first-order valence-corrected chi connectivity index (χ1v) is 16.8. The van der Waals surface area contributed by atoms with Crippen molar-refractivity contribution in [1.29, 1.82) is 0 Å². The highest BCUT2D eigenvalue weighted by Crippen LogP contribution is 2.38. The summed E-state index contributed by atoms with van der Waals surface area (Å²) in [4.78, 5) is 14.3. The first-order valence-electron chi connectivity index (χ1n) is 15.3. The van der Waals surface area contributed by atoms with E-state index in [0.29, 0.717) is 24.2 Å². The number of hydrogen-bond acceptors (Lipinski definition) is 6. The fourth-order valence-corrected chi connectivity index (χ4v) is 5.12. The third-order valence-corrected chi connectivity index (χ3v) is 7.71. The molecule has 0 bridgehead atoms. The fourth-order valence-electron chi connectivity index (χ4n) is 4.40. The molecule has 7 nitrogen and oxygen atoms in total. The Kier molecular flexibility index (Phi) is 23.8. The Hall–Kier alpha value is -0.0100. The van der Waals surface area contributed by atoms with Crippen LogP contribution in [0.1, 0.15) is 117 Å². The number of quaternary nitrogens is 1. The maximum Gasteiger partial charge on any atom is 0.268 e. The number of phosphoric ester groups is 1. The molecule has 0 aliphatic heterocycles. The highest BCUT2D eigenvalue weighted by atomic mass is 31.2. The highest BCUT2D eigenvalue weighted by molar-refractivity contribution is 7.45. The van der Waals surface area contributed by atoms with Crippen LogP contribution in [0.4, 0.5) is 0 Å². The molecule has 0 heterocycles. The van der Waals surface area contributed by atoms with E-state index in [1.165, 1.54) is 96.3 Å². The van der Waals surface area contributed by atoms with Gasteiger partial charge in [-0.05, 0) is 26.9 Å². The second-order valence-electron chi connectivity index (χ2n) is 11.7. The summed E-state index contributed by atoms with van der Waals surface area (Å²) in [7, 11) is 3.71. The van der Waals surface area contributed by atoms with Gasteiger partial charge in [0.05, 0.1) is 33.9 Å². The van der Waals surface area contributed by atoms with E-state index in [1.54, 1.807) is 0 Å². The van der Waals surface area contributed by atoms with Gasteiger partial charge in [-0.3, -0.25) is 4.57 Å². The Morgan fingerprint density at radius 3 is 1.65 bits per heavy atom. The van der Waals surface area contributed by atoms with Gasteiger partial charge in [-0.1, -0.05) is 103 Å². The molecule has 0 aliphatic carbocycles. The molecule has 0 aliphatic rings. The van der Waals surface area contributed by atoms with Gasteiger partial charge < -0.3 is 28.1 Å². The molecule has 0 amide bonds. The minimum atomic E-state index is -4.31. The van der Waals surface area contributed by atoms with Crippen molar-refractivity contribution in [2.45, 2.75) is 123 Å². The van der Waals surface area contributed by atoms with Crippen molar-refractivity contribution in [3.05, 3.63) is 0 Å². The lowest BCUT2D eigenvalue weighted by Gasteiger charge is -2.29. The van der Waals surface area contributed by atoms with Crippen molar-refractivity contribution in [2.75, 3.05) is 67.6 Å². The third kappa shape index (κ3) is 27.4. The van der Waals surface area contributed by atoms with Crippen LogP contribution in [-0.2, 0) is 18.3 Å². The topological polar surface area (TPSA) is 71.1 Å². The quantitative estimate of drug-likeness (QED) is 0.0607. The van der Waals surface area contributed by atoms with Gasteiger partial charge in [0.1, 0.15) is 13.2 Å². The molecular formula is C29H63N2O5P. The Morgan fingerprint density at radius 1 is 0.757 bits per heavy atom. The van der Waals surface area contributed by atoms with Crippen LogP contribution in [0, 0.1) is 0 Å². The maximum atomic E-state index is 12.1. The molecule has 0 spiro atoms. The predicted octanol–water partition coefficient (Wildman–Crippen LogP) is 6.79. The van der Waals surface area contributed by atoms with Crippen LogP contribution in [0.2, 0.25) is 0 Å². The highest BCUT2D eigenvalue weighted by Gasteiger charge is 2.18. The largest absolute Gasteiger partial charge is 0.756 e. The monoisotopic (exact) mass is 550 g/mol. The normalized spacial score (nSPS) is 14.8. The van der Waals surface area contributed by atoms with Crippen LogP contribution in [0.5, 0.6) is 0 Å². The first-order chi connectivity index (χ1) is 17.6. The van der Waals surface area contributed by atoms with Gasteiger partial charge in [-0.15, -0.1) is 0 Å². The van der Waals surface area contributed by atoms with Gasteiger partial charge in [-0.2, -0.15) is 0 Å².